The number of hydrogen-bond donors (Lipinski definition) is 1. The molecule has 0 spiro atoms. The molecule has 3 rings (SSSR count). The van der Waals surface area contributed by atoms with E-state index in [2.05, 4.69) is 5.32 Å². The number of carbonyl (C=O) groups excluding carboxylic acids is 4. The van der Waals surface area contributed by atoms with Crippen molar-refractivity contribution >= 4 is 40.7 Å². The molecular weight excluding hydrogens is 430 g/mol. The summed E-state index contributed by atoms with van der Waals surface area (Å²) in [6.07, 6.45) is -0.234. The van der Waals surface area contributed by atoms with Crippen LogP contribution in [0, 0.1) is 0 Å². The van der Waals surface area contributed by atoms with Gasteiger partial charge in [0.25, 0.3) is 5.91 Å². The van der Waals surface area contributed by atoms with Gasteiger partial charge in [0, 0.05) is 11.3 Å². The Morgan fingerprint density at radius 3 is 2.19 bits per heavy atom. The Hall–Kier alpha value is -3.78. The van der Waals surface area contributed by atoms with Crippen LogP contribution in [0.25, 0.3) is 0 Å². The first-order chi connectivity index (χ1) is 15.3. The first-order valence-corrected chi connectivity index (χ1v) is 10.7. The minimum Gasteiger partial charge on any atom is -0.459 e. The van der Waals surface area contributed by atoms with E-state index in [0.29, 0.717) is 16.1 Å². The van der Waals surface area contributed by atoms with Gasteiger partial charge in [-0.05, 0) is 55.6 Å². The molecule has 3 aromatic rings. The predicted octanol–water partition coefficient (Wildman–Crippen LogP) is 4.34. The van der Waals surface area contributed by atoms with E-state index in [0.717, 1.165) is 0 Å². The van der Waals surface area contributed by atoms with Crippen molar-refractivity contribution in [2.75, 3.05) is 11.9 Å². The van der Waals surface area contributed by atoms with Gasteiger partial charge in [0.15, 0.2) is 6.61 Å². The zero-order valence-electron chi connectivity index (χ0n) is 17.5. The summed E-state index contributed by atoms with van der Waals surface area (Å²) in [5.41, 5.74) is 1.09. The summed E-state index contributed by atoms with van der Waals surface area (Å²) in [7, 11) is 0. The third kappa shape index (κ3) is 5.89. The number of esters is 2. The maximum absolute atomic E-state index is 12.6. The van der Waals surface area contributed by atoms with Crippen LogP contribution in [-0.2, 0) is 14.3 Å². The normalized spacial score (nSPS) is 10.5. The van der Waals surface area contributed by atoms with Crippen LogP contribution in [0.2, 0.25) is 0 Å². The van der Waals surface area contributed by atoms with Gasteiger partial charge in [-0.25, -0.2) is 9.59 Å². The molecule has 0 saturated heterocycles. The van der Waals surface area contributed by atoms with Crippen LogP contribution in [0.15, 0.2) is 66.0 Å². The van der Waals surface area contributed by atoms with Crippen LogP contribution < -0.4 is 5.32 Å². The molecule has 32 heavy (non-hydrogen) atoms. The molecule has 1 aromatic heterocycles. The molecule has 0 aliphatic rings. The van der Waals surface area contributed by atoms with E-state index in [1.165, 1.54) is 29.5 Å². The van der Waals surface area contributed by atoms with Crippen molar-refractivity contribution < 1.29 is 28.7 Å². The lowest BCUT2D eigenvalue weighted by Gasteiger charge is -2.10. The molecule has 0 aliphatic carbocycles. The van der Waals surface area contributed by atoms with Gasteiger partial charge in [0.1, 0.15) is 0 Å². The summed E-state index contributed by atoms with van der Waals surface area (Å²) < 4.78 is 10.2. The van der Waals surface area contributed by atoms with Crippen LogP contribution in [0.4, 0.5) is 5.69 Å². The van der Waals surface area contributed by atoms with Crippen LogP contribution >= 0.6 is 11.3 Å². The first kappa shape index (κ1) is 22.9. The molecule has 1 N–H and O–H groups in total. The first-order valence-electron chi connectivity index (χ1n) is 9.80. The highest BCUT2D eigenvalue weighted by Gasteiger charge is 2.20. The van der Waals surface area contributed by atoms with Crippen molar-refractivity contribution in [1.29, 1.82) is 0 Å². The number of ether oxygens (including phenoxy) is 2. The zero-order chi connectivity index (χ0) is 23.1. The second kappa shape index (κ2) is 10.5. The van der Waals surface area contributed by atoms with Crippen LogP contribution in [0.5, 0.6) is 0 Å². The van der Waals surface area contributed by atoms with Crippen molar-refractivity contribution in [3.63, 3.8) is 0 Å². The number of hydrogen-bond acceptors (Lipinski definition) is 7. The van der Waals surface area contributed by atoms with Crippen molar-refractivity contribution in [3.05, 3.63) is 87.6 Å². The van der Waals surface area contributed by atoms with E-state index in [4.69, 9.17) is 9.47 Å². The number of anilines is 1. The molecule has 8 heteroatoms. The Balaban J connectivity index is 1.58. The lowest BCUT2D eigenvalue weighted by atomic mass is 10.0. The number of carbonyl (C=O) groups is 4. The van der Waals surface area contributed by atoms with Crippen molar-refractivity contribution in [1.82, 2.24) is 0 Å². The van der Waals surface area contributed by atoms with Crippen LogP contribution in [0.3, 0.4) is 0 Å². The fourth-order valence-corrected chi connectivity index (χ4v) is 3.46. The molecule has 7 nitrogen and oxygen atoms in total. The van der Waals surface area contributed by atoms with E-state index >= 15 is 0 Å². The number of benzene rings is 2. The van der Waals surface area contributed by atoms with Gasteiger partial charge in [-0.3, -0.25) is 9.59 Å². The minimum absolute atomic E-state index is 0.0896. The van der Waals surface area contributed by atoms with Crippen molar-refractivity contribution in [3.8, 4) is 0 Å². The van der Waals surface area contributed by atoms with E-state index in [-0.39, 0.29) is 23.0 Å². The van der Waals surface area contributed by atoms with Gasteiger partial charge < -0.3 is 14.8 Å². The Morgan fingerprint density at radius 2 is 1.56 bits per heavy atom. The Labute approximate surface area is 189 Å². The monoisotopic (exact) mass is 451 g/mol. The molecule has 0 radical (unpaired) electrons. The van der Waals surface area contributed by atoms with Crippen LogP contribution in [0.1, 0.15) is 49.8 Å². The largest absolute Gasteiger partial charge is 0.459 e. The average molecular weight is 452 g/mol. The van der Waals surface area contributed by atoms with Gasteiger partial charge in [0.2, 0.25) is 5.78 Å². The molecule has 1 heterocycles. The molecule has 2 aromatic carbocycles. The smallest absolute Gasteiger partial charge is 0.339 e. The standard InChI is InChI=1S/C24H21NO6S/c1-15(2)31-23(28)16-9-11-17(12-10-16)25-21(26)14-30-24(29)19-7-4-3-6-18(19)22(27)20-8-5-13-32-20/h3-13,15H,14H2,1-2H3,(H,25,26). The molecular formula is C24H21NO6S. The quantitative estimate of drug-likeness (QED) is 0.404. The number of nitrogens with one attached hydrogen (secondary N) is 1. The van der Waals surface area contributed by atoms with Gasteiger partial charge in [0.05, 0.1) is 22.1 Å². The van der Waals surface area contributed by atoms with Gasteiger partial charge in [-0.1, -0.05) is 24.3 Å². The minimum atomic E-state index is -0.771. The molecule has 0 saturated carbocycles. The number of amides is 1. The average Bonchev–Trinajstić information content (AvgIpc) is 3.32. The Morgan fingerprint density at radius 1 is 0.875 bits per heavy atom. The summed E-state index contributed by atoms with van der Waals surface area (Å²) in [6.45, 7) is 2.98. The molecule has 0 fully saturated rings. The number of ketones is 1. The molecule has 0 atom stereocenters. The summed E-state index contributed by atoms with van der Waals surface area (Å²) in [4.78, 5) is 49.7. The second-order valence-electron chi connectivity index (χ2n) is 7.01. The number of rotatable bonds is 8. The number of thiophene rings is 1. The topological polar surface area (TPSA) is 98.8 Å². The molecule has 1 amide bonds. The third-order valence-electron chi connectivity index (χ3n) is 4.22. The Bertz CT molecular complexity index is 1120. The summed E-state index contributed by atoms with van der Waals surface area (Å²) in [5.74, 6) is -2.07. The zero-order valence-corrected chi connectivity index (χ0v) is 18.3. The third-order valence-corrected chi connectivity index (χ3v) is 5.09. The molecule has 164 valence electrons. The van der Waals surface area contributed by atoms with E-state index in [9.17, 15) is 19.2 Å². The summed E-state index contributed by atoms with van der Waals surface area (Å²) >= 11 is 1.28. The van der Waals surface area contributed by atoms with Gasteiger partial charge >= 0.3 is 11.9 Å². The maximum Gasteiger partial charge on any atom is 0.339 e. The van der Waals surface area contributed by atoms with E-state index < -0.39 is 24.5 Å². The Kier molecular flexibility index (Phi) is 7.51. The highest BCUT2D eigenvalue weighted by Crippen LogP contribution is 2.19. The summed E-state index contributed by atoms with van der Waals surface area (Å²) in [6, 6.07) is 15.9. The highest BCUT2D eigenvalue weighted by molar-refractivity contribution is 7.12. The summed E-state index contributed by atoms with van der Waals surface area (Å²) in [5, 5.41) is 4.36. The predicted molar refractivity (Wildman–Crippen MR) is 120 cm³/mol. The fourth-order valence-electron chi connectivity index (χ4n) is 2.78. The van der Waals surface area contributed by atoms with Crippen molar-refractivity contribution in [2.45, 2.75) is 20.0 Å². The van der Waals surface area contributed by atoms with Gasteiger partial charge in [-0.15, -0.1) is 11.3 Å². The second-order valence-corrected chi connectivity index (χ2v) is 7.96. The maximum atomic E-state index is 12.6. The SMILES string of the molecule is CC(C)OC(=O)c1ccc(NC(=O)COC(=O)c2ccccc2C(=O)c2cccs2)cc1. The molecule has 0 bridgehead atoms. The van der Waals surface area contributed by atoms with Crippen molar-refractivity contribution in [2.24, 2.45) is 0 Å². The van der Waals surface area contributed by atoms with E-state index in [1.807, 2.05) is 0 Å². The van der Waals surface area contributed by atoms with Gasteiger partial charge in [-0.2, -0.15) is 0 Å². The lowest BCUT2D eigenvalue weighted by molar-refractivity contribution is -0.119. The molecule has 0 unspecified atom stereocenters. The fraction of sp³-hybridized carbons (Fsp3) is 0.167. The molecule has 0 aliphatic heterocycles. The lowest BCUT2D eigenvalue weighted by Crippen LogP contribution is -2.22. The van der Waals surface area contributed by atoms with E-state index in [1.54, 1.807) is 61.7 Å². The van der Waals surface area contributed by atoms with Crippen LogP contribution in [-0.4, -0.2) is 36.3 Å². The highest BCUT2D eigenvalue weighted by atomic mass is 32.1.